The molecule has 3 aromatic carbocycles. The Morgan fingerprint density at radius 3 is 2.28 bits per heavy atom. The van der Waals surface area contributed by atoms with Crippen LogP contribution in [0.5, 0.6) is 0 Å². The minimum atomic E-state index is -0.717. The summed E-state index contributed by atoms with van der Waals surface area (Å²) in [5, 5.41) is 11.0. The Morgan fingerprint density at radius 2 is 1.62 bits per heavy atom. The van der Waals surface area contributed by atoms with Crippen molar-refractivity contribution >= 4 is 39.1 Å². The number of rotatable bonds is 3. The lowest BCUT2D eigenvalue weighted by Crippen LogP contribution is -2.29. The van der Waals surface area contributed by atoms with Crippen LogP contribution in [0.1, 0.15) is 22.7 Å². The maximum Gasteiger partial charge on any atom is 0.300 e. The van der Waals surface area contributed by atoms with E-state index in [0.717, 1.165) is 15.6 Å². The lowest BCUT2D eigenvalue weighted by molar-refractivity contribution is -0.132. The number of Topliss-reactive ketones (excluding diaryl/α,β-unsaturated/α-hetero) is 1. The van der Waals surface area contributed by atoms with E-state index in [4.69, 9.17) is 0 Å². The van der Waals surface area contributed by atoms with Crippen molar-refractivity contribution < 1.29 is 14.7 Å². The fourth-order valence-electron chi connectivity index (χ4n) is 3.54. The van der Waals surface area contributed by atoms with E-state index in [2.05, 4.69) is 15.9 Å². The van der Waals surface area contributed by atoms with E-state index in [0.29, 0.717) is 11.3 Å². The van der Waals surface area contributed by atoms with Gasteiger partial charge in [0, 0.05) is 15.7 Å². The Bertz CT molecular complexity index is 1120. The maximum atomic E-state index is 13.0. The van der Waals surface area contributed by atoms with Crippen LogP contribution in [0, 0.1) is 6.92 Å². The predicted octanol–water partition coefficient (Wildman–Crippen LogP) is 5.38. The summed E-state index contributed by atoms with van der Waals surface area (Å²) in [7, 11) is 0. The SMILES string of the molecule is Cc1ccc(C2/C(=C(\O)c3ccccc3)C(=O)C(=O)N2c2cccc(Br)c2)cc1. The third-order valence-electron chi connectivity index (χ3n) is 4.97. The number of amides is 1. The van der Waals surface area contributed by atoms with E-state index in [1.165, 1.54) is 4.90 Å². The quantitative estimate of drug-likeness (QED) is 0.332. The van der Waals surface area contributed by atoms with Gasteiger partial charge in [0.25, 0.3) is 11.7 Å². The minimum Gasteiger partial charge on any atom is -0.507 e. The fraction of sp³-hybridized carbons (Fsp3) is 0.0833. The normalized spacial score (nSPS) is 18.3. The standard InChI is InChI=1S/C24H18BrNO3/c1-15-10-12-16(13-11-15)21-20(22(27)17-6-3-2-4-7-17)23(28)24(29)26(21)19-9-5-8-18(25)14-19/h2-14,21,27H,1H3/b22-20+. The van der Waals surface area contributed by atoms with Crippen LogP contribution in [0.25, 0.3) is 5.76 Å². The molecule has 1 heterocycles. The highest BCUT2D eigenvalue weighted by atomic mass is 79.9. The zero-order chi connectivity index (χ0) is 20.5. The van der Waals surface area contributed by atoms with Gasteiger partial charge in [-0.3, -0.25) is 14.5 Å². The Balaban J connectivity index is 1.96. The van der Waals surface area contributed by atoms with Crippen LogP contribution in [-0.2, 0) is 9.59 Å². The summed E-state index contributed by atoms with van der Waals surface area (Å²) in [6, 6.07) is 22.9. The second kappa shape index (κ2) is 7.68. The summed E-state index contributed by atoms with van der Waals surface area (Å²) in [4.78, 5) is 27.5. The molecule has 1 fully saturated rings. The van der Waals surface area contributed by atoms with Crippen molar-refractivity contribution in [1.82, 2.24) is 0 Å². The van der Waals surface area contributed by atoms with Gasteiger partial charge in [0.1, 0.15) is 5.76 Å². The van der Waals surface area contributed by atoms with Gasteiger partial charge in [-0.05, 0) is 30.7 Å². The molecule has 0 bridgehead atoms. The number of carbonyl (C=O) groups excluding carboxylic acids is 2. The first-order valence-electron chi connectivity index (χ1n) is 9.16. The zero-order valence-electron chi connectivity index (χ0n) is 15.7. The largest absolute Gasteiger partial charge is 0.507 e. The topological polar surface area (TPSA) is 57.6 Å². The number of hydrogen-bond donors (Lipinski definition) is 1. The molecule has 5 heteroatoms. The van der Waals surface area contributed by atoms with Gasteiger partial charge in [-0.1, -0.05) is 82.2 Å². The molecule has 1 amide bonds. The van der Waals surface area contributed by atoms with E-state index in [1.54, 1.807) is 36.4 Å². The highest BCUT2D eigenvalue weighted by Gasteiger charge is 2.46. The number of hydrogen-bond acceptors (Lipinski definition) is 3. The number of aryl methyl sites for hydroxylation is 1. The predicted molar refractivity (Wildman–Crippen MR) is 117 cm³/mol. The summed E-state index contributed by atoms with van der Waals surface area (Å²) < 4.78 is 0.794. The third kappa shape index (κ3) is 3.49. The van der Waals surface area contributed by atoms with Gasteiger partial charge in [0.05, 0.1) is 11.6 Å². The molecular weight excluding hydrogens is 430 g/mol. The van der Waals surface area contributed by atoms with E-state index >= 15 is 0 Å². The number of benzene rings is 3. The first kappa shape index (κ1) is 19.2. The molecule has 1 aliphatic heterocycles. The number of aliphatic hydroxyl groups excluding tert-OH is 1. The zero-order valence-corrected chi connectivity index (χ0v) is 17.3. The Kier molecular flexibility index (Phi) is 5.07. The molecule has 1 saturated heterocycles. The van der Waals surface area contributed by atoms with Crippen LogP contribution in [0.4, 0.5) is 5.69 Å². The molecule has 1 atom stereocenters. The number of nitrogens with zero attached hydrogens (tertiary/aromatic N) is 1. The lowest BCUT2D eigenvalue weighted by atomic mass is 9.94. The molecule has 3 aromatic rings. The maximum absolute atomic E-state index is 13.0. The van der Waals surface area contributed by atoms with E-state index in [-0.39, 0.29) is 11.3 Å². The highest BCUT2D eigenvalue weighted by Crippen LogP contribution is 2.42. The number of carbonyl (C=O) groups is 2. The summed E-state index contributed by atoms with van der Waals surface area (Å²) in [5.41, 5.74) is 2.99. The number of aliphatic hydroxyl groups is 1. The highest BCUT2D eigenvalue weighted by molar-refractivity contribution is 9.10. The van der Waals surface area contributed by atoms with Gasteiger partial charge in [0.2, 0.25) is 0 Å². The van der Waals surface area contributed by atoms with Crippen molar-refractivity contribution in [3.05, 3.63) is 106 Å². The first-order chi connectivity index (χ1) is 14.0. The smallest absolute Gasteiger partial charge is 0.300 e. The average molecular weight is 448 g/mol. The monoisotopic (exact) mass is 447 g/mol. The minimum absolute atomic E-state index is 0.0880. The molecule has 1 N–H and O–H groups in total. The Labute approximate surface area is 177 Å². The van der Waals surface area contributed by atoms with Crippen LogP contribution in [0.3, 0.4) is 0 Å². The molecule has 1 aliphatic rings. The van der Waals surface area contributed by atoms with Crippen molar-refractivity contribution in [3.63, 3.8) is 0 Å². The summed E-state index contributed by atoms with van der Waals surface area (Å²) in [5.74, 6) is -1.53. The lowest BCUT2D eigenvalue weighted by Gasteiger charge is -2.25. The average Bonchev–Trinajstić information content (AvgIpc) is 2.99. The summed E-state index contributed by atoms with van der Waals surface area (Å²) in [6.07, 6.45) is 0. The number of anilines is 1. The molecule has 0 spiro atoms. The van der Waals surface area contributed by atoms with Gasteiger partial charge in [0.15, 0.2) is 0 Å². The number of ketones is 1. The van der Waals surface area contributed by atoms with Crippen LogP contribution >= 0.6 is 15.9 Å². The van der Waals surface area contributed by atoms with Crippen molar-refractivity contribution in [2.75, 3.05) is 4.90 Å². The molecule has 0 radical (unpaired) electrons. The van der Waals surface area contributed by atoms with Gasteiger partial charge < -0.3 is 5.11 Å². The van der Waals surface area contributed by atoms with Crippen LogP contribution in [0.15, 0.2) is 88.9 Å². The molecule has 0 saturated carbocycles. The second-order valence-electron chi connectivity index (χ2n) is 6.93. The Morgan fingerprint density at radius 1 is 0.931 bits per heavy atom. The molecule has 0 aromatic heterocycles. The van der Waals surface area contributed by atoms with Crippen LogP contribution in [0.2, 0.25) is 0 Å². The molecule has 29 heavy (non-hydrogen) atoms. The van der Waals surface area contributed by atoms with Gasteiger partial charge >= 0.3 is 0 Å². The third-order valence-corrected chi connectivity index (χ3v) is 5.46. The molecule has 4 nitrogen and oxygen atoms in total. The van der Waals surface area contributed by atoms with E-state index in [1.807, 2.05) is 49.4 Å². The fourth-order valence-corrected chi connectivity index (χ4v) is 3.93. The van der Waals surface area contributed by atoms with Crippen molar-refractivity contribution in [2.24, 2.45) is 0 Å². The van der Waals surface area contributed by atoms with E-state index < -0.39 is 17.7 Å². The molecular formula is C24H18BrNO3. The van der Waals surface area contributed by atoms with Crippen molar-refractivity contribution in [2.45, 2.75) is 13.0 Å². The molecule has 1 unspecified atom stereocenters. The number of halogens is 1. The van der Waals surface area contributed by atoms with Crippen LogP contribution < -0.4 is 4.90 Å². The first-order valence-corrected chi connectivity index (χ1v) is 9.95. The summed E-state index contributed by atoms with van der Waals surface area (Å²) in [6.45, 7) is 1.97. The van der Waals surface area contributed by atoms with E-state index in [9.17, 15) is 14.7 Å². The van der Waals surface area contributed by atoms with Crippen LogP contribution in [-0.4, -0.2) is 16.8 Å². The van der Waals surface area contributed by atoms with Gasteiger partial charge in [-0.25, -0.2) is 0 Å². The van der Waals surface area contributed by atoms with Crippen molar-refractivity contribution in [1.29, 1.82) is 0 Å². The Hall–Kier alpha value is -3.18. The molecule has 144 valence electrons. The molecule has 0 aliphatic carbocycles. The molecule has 4 rings (SSSR count). The summed E-state index contributed by atoms with van der Waals surface area (Å²) >= 11 is 3.43. The second-order valence-corrected chi connectivity index (χ2v) is 7.84. The van der Waals surface area contributed by atoms with Gasteiger partial charge in [-0.2, -0.15) is 0 Å². The van der Waals surface area contributed by atoms with Gasteiger partial charge in [-0.15, -0.1) is 0 Å². The van der Waals surface area contributed by atoms with Crippen molar-refractivity contribution in [3.8, 4) is 0 Å².